The van der Waals surface area contributed by atoms with Gasteiger partial charge in [-0.15, -0.1) is 0 Å². The number of phenolic OH excluding ortho intramolecular Hbond substituents is 1. The number of aromatic hydroxyl groups is 1. The van der Waals surface area contributed by atoms with Crippen LogP contribution >= 0.6 is 23.0 Å². The number of para-hydroxylation sites is 1. The summed E-state index contributed by atoms with van der Waals surface area (Å²) in [4.78, 5) is 10.8. The standard InChI is InChI=1S/C7H5IO3/c8-11-7(10)5-3-1-2-4-6(5)9/h1-4,9H. The smallest absolute Gasteiger partial charge is 0.351 e. The highest BCUT2D eigenvalue weighted by Crippen LogP contribution is 2.17. The zero-order valence-electron chi connectivity index (χ0n) is 5.45. The Kier molecular flexibility index (Phi) is 2.70. The summed E-state index contributed by atoms with van der Waals surface area (Å²) in [6, 6.07) is 6.22. The molecule has 1 aromatic carbocycles. The van der Waals surface area contributed by atoms with E-state index in [9.17, 15) is 4.79 Å². The fraction of sp³-hybridized carbons (Fsp3) is 0. The molecule has 0 atom stereocenters. The van der Waals surface area contributed by atoms with Crippen molar-refractivity contribution in [3.63, 3.8) is 0 Å². The molecule has 1 N–H and O–H groups in total. The van der Waals surface area contributed by atoms with Crippen molar-refractivity contribution in [3.8, 4) is 5.75 Å². The average molecular weight is 264 g/mol. The van der Waals surface area contributed by atoms with Gasteiger partial charge in [-0.3, -0.25) is 0 Å². The maximum Gasteiger partial charge on any atom is 0.351 e. The largest absolute Gasteiger partial charge is 0.507 e. The van der Waals surface area contributed by atoms with Gasteiger partial charge in [0.05, 0.1) is 0 Å². The predicted molar refractivity (Wildman–Crippen MR) is 47.5 cm³/mol. The topological polar surface area (TPSA) is 46.5 Å². The molecule has 0 aliphatic carbocycles. The normalized spacial score (nSPS) is 9.18. The van der Waals surface area contributed by atoms with Gasteiger partial charge in [-0.2, -0.15) is 0 Å². The lowest BCUT2D eigenvalue weighted by molar-refractivity contribution is 0.0797. The molecule has 1 rings (SSSR count). The van der Waals surface area contributed by atoms with E-state index in [0.717, 1.165) is 0 Å². The van der Waals surface area contributed by atoms with Crippen LogP contribution in [0.5, 0.6) is 5.75 Å². The van der Waals surface area contributed by atoms with Crippen LogP contribution in [0.25, 0.3) is 0 Å². The monoisotopic (exact) mass is 264 g/mol. The first kappa shape index (κ1) is 8.32. The molecule has 0 heterocycles. The van der Waals surface area contributed by atoms with Gasteiger partial charge in [-0.05, 0) is 12.1 Å². The van der Waals surface area contributed by atoms with E-state index in [0.29, 0.717) is 0 Å². The molecule has 0 aliphatic rings. The summed E-state index contributed by atoms with van der Waals surface area (Å²) in [6.45, 7) is 0. The molecule has 0 bridgehead atoms. The minimum Gasteiger partial charge on any atom is -0.507 e. The second kappa shape index (κ2) is 3.56. The molecule has 58 valence electrons. The zero-order chi connectivity index (χ0) is 8.27. The van der Waals surface area contributed by atoms with Gasteiger partial charge in [0.1, 0.15) is 11.3 Å². The number of rotatable bonds is 1. The van der Waals surface area contributed by atoms with Crippen LogP contribution in [0.15, 0.2) is 24.3 Å². The van der Waals surface area contributed by atoms with Gasteiger partial charge < -0.3 is 8.17 Å². The summed E-state index contributed by atoms with van der Waals surface area (Å²) in [7, 11) is 0. The highest BCUT2D eigenvalue weighted by molar-refractivity contribution is 14.1. The van der Waals surface area contributed by atoms with Crippen LogP contribution in [0.4, 0.5) is 0 Å². The molecule has 4 heteroatoms. The van der Waals surface area contributed by atoms with E-state index < -0.39 is 5.97 Å². The summed E-state index contributed by atoms with van der Waals surface area (Å²) in [5, 5.41) is 9.11. The Labute approximate surface area is 77.7 Å². The maximum absolute atomic E-state index is 10.8. The van der Waals surface area contributed by atoms with Crippen molar-refractivity contribution in [2.75, 3.05) is 0 Å². The highest BCUT2D eigenvalue weighted by Gasteiger charge is 2.09. The van der Waals surface area contributed by atoms with Crippen LogP contribution in [0.3, 0.4) is 0 Å². The SMILES string of the molecule is O=C(OI)c1ccccc1O. The third-order valence-corrected chi connectivity index (χ3v) is 1.59. The molecule has 11 heavy (non-hydrogen) atoms. The minimum absolute atomic E-state index is 0.0610. The lowest BCUT2D eigenvalue weighted by Crippen LogP contribution is -1.96. The molecular formula is C7H5IO3. The predicted octanol–water partition coefficient (Wildman–Crippen LogP) is 1.90. The summed E-state index contributed by atoms with van der Waals surface area (Å²) in [5.74, 6) is -0.599. The lowest BCUT2D eigenvalue weighted by atomic mass is 10.2. The number of hydrogen-bond donors (Lipinski definition) is 1. The highest BCUT2D eigenvalue weighted by atomic mass is 127. The Morgan fingerprint density at radius 2 is 2.09 bits per heavy atom. The molecule has 0 amide bonds. The Balaban J connectivity index is 3.03. The third-order valence-electron chi connectivity index (χ3n) is 1.19. The summed E-state index contributed by atoms with van der Waals surface area (Å²) < 4.78 is 4.39. The number of carbonyl (C=O) groups is 1. The van der Waals surface area contributed by atoms with Gasteiger partial charge in [0.25, 0.3) is 0 Å². The van der Waals surface area contributed by atoms with Crippen molar-refractivity contribution in [1.82, 2.24) is 0 Å². The van der Waals surface area contributed by atoms with Crippen LogP contribution in [0.1, 0.15) is 10.4 Å². The molecule has 0 saturated heterocycles. The Morgan fingerprint density at radius 1 is 1.45 bits per heavy atom. The van der Waals surface area contributed by atoms with E-state index in [-0.39, 0.29) is 11.3 Å². The number of benzene rings is 1. The lowest BCUT2D eigenvalue weighted by Gasteiger charge is -1.98. The second-order valence-corrected chi connectivity index (χ2v) is 2.32. The fourth-order valence-corrected chi connectivity index (χ4v) is 0.925. The fourth-order valence-electron chi connectivity index (χ4n) is 0.688. The molecule has 0 radical (unpaired) electrons. The molecule has 0 saturated carbocycles. The van der Waals surface area contributed by atoms with E-state index >= 15 is 0 Å². The second-order valence-electron chi connectivity index (χ2n) is 1.88. The van der Waals surface area contributed by atoms with E-state index in [2.05, 4.69) is 3.07 Å². The van der Waals surface area contributed by atoms with Crippen molar-refractivity contribution in [2.24, 2.45) is 0 Å². The first-order valence-electron chi connectivity index (χ1n) is 2.86. The molecule has 0 unspecified atom stereocenters. The molecule has 0 fully saturated rings. The Hall–Kier alpha value is -0.780. The van der Waals surface area contributed by atoms with E-state index in [1.54, 1.807) is 12.1 Å². The van der Waals surface area contributed by atoms with Gasteiger partial charge in [-0.25, -0.2) is 4.79 Å². The van der Waals surface area contributed by atoms with Gasteiger partial charge >= 0.3 is 5.97 Å². The van der Waals surface area contributed by atoms with Crippen LogP contribution in [-0.4, -0.2) is 11.1 Å². The Morgan fingerprint density at radius 3 is 2.64 bits per heavy atom. The molecule has 1 aromatic rings. The number of hydrogen-bond acceptors (Lipinski definition) is 3. The van der Waals surface area contributed by atoms with E-state index in [1.165, 1.54) is 35.1 Å². The summed E-state index contributed by atoms with van der Waals surface area (Å²) >= 11 is 1.47. The first-order valence-corrected chi connectivity index (χ1v) is 3.74. The van der Waals surface area contributed by atoms with Gasteiger partial charge in [-0.1, -0.05) is 12.1 Å². The van der Waals surface area contributed by atoms with E-state index in [1.807, 2.05) is 0 Å². The van der Waals surface area contributed by atoms with E-state index in [4.69, 9.17) is 5.11 Å². The van der Waals surface area contributed by atoms with Gasteiger partial charge in [0.15, 0.2) is 23.0 Å². The third kappa shape index (κ3) is 1.83. The maximum atomic E-state index is 10.8. The van der Waals surface area contributed by atoms with Crippen molar-refractivity contribution < 1.29 is 13.0 Å². The summed E-state index contributed by atoms with van der Waals surface area (Å²) in [6.07, 6.45) is 0. The zero-order valence-corrected chi connectivity index (χ0v) is 7.61. The first-order chi connectivity index (χ1) is 5.25. The van der Waals surface area contributed by atoms with Crippen LogP contribution in [0.2, 0.25) is 0 Å². The Bertz CT molecular complexity index is 272. The van der Waals surface area contributed by atoms with Crippen molar-refractivity contribution in [1.29, 1.82) is 0 Å². The van der Waals surface area contributed by atoms with Crippen molar-refractivity contribution in [2.45, 2.75) is 0 Å². The number of phenols is 1. The van der Waals surface area contributed by atoms with Crippen LogP contribution in [-0.2, 0) is 3.07 Å². The average Bonchev–Trinajstić information content (AvgIpc) is 2.04. The van der Waals surface area contributed by atoms with Crippen LogP contribution < -0.4 is 0 Å². The number of carbonyl (C=O) groups excluding carboxylic acids is 1. The van der Waals surface area contributed by atoms with Crippen molar-refractivity contribution >= 4 is 29.0 Å². The quantitative estimate of drug-likeness (QED) is 0.788. The minimum atomic E-state index is -0.538. The number of halogens is 1. The molecule has 3 nitrogen and oxygen atoms in total. The molecule has 0 spiro atoms. The van der Waals surface area contributed by atoms with Gasteiger partial charge in [0.2, 0.25) is 0 Å². The van der Waals surface area contributed by atoms with Crippen molar-refractivity contribution in [3.05, 3.63) is 29.8 Å². The molecular weight excluding hydrogens is 259 g/mol. The van der Waals surface area contributed by atoms with Crippen LogP contribution in [0, 0.1) is 0 Å². The molecule has 0 aromatic heterocycles. The van der Waals surface area contributed by atoms with Gasteiger partial charge in [0, 0.05) is 0 Å². The molecule has 0 aliphatic heterocycles. The summed E-state index contributed by atoms with van der Waals surface area (Å²) in [5.41, 5.74) is 0.182.